The Morgan fingerprint density at radius 3 is 1.62 bits per heavy atom. The first-order valence-corrected chi connectivity index (χ1v) is 10.1. The quantitative estimate of drug-likeness (QED) is 0.354. The molecule has 3 aromatic carbocycles. The standard InChI is InChI=1S/C23H12Cl2N2O5/c1-30-15-7-11(20-26-18-9-13(24)2-4-16(18)22(28)31-20)6-12(8-15)21-27-19-10-14(25)3-5-17(19)23(29)32-21/h2-10H,1H3. The van der Waals surface area contributed by atoms with Gasteiger partial charge in [0, 0.05) is 21.2 Å². The van der Waals surface area contributed by atoms with E-state index in [-0.39, 0.29) is 11.8 Å². The number of aromatic nitrogens is 2. The smallest absolute Gasteiger partial charge is 0.347 e. The largest absolute Gasteiger partial charge is 0.497 e. The van der Waals surface area contributed by atoms with Gasteiger partial charge < -0.3 is 13.6 Å². The van der Waals surface area contributed by atoms with Crippen molar-refractivity contribution in [2.45, 2.75) is 0 Å². The van der Waals surface area contributed by atoms with Crippen LogP contribution in [0, 0.1) is 0 Å². The first-order valence-electron chi connectivity index (χ1n) is 9.32. The Hall–Kier alpha value is -3.68. The Morgan fingerprint density at radius 2 is 1.19 bits per heavy atom. The van der Waals surface area contributed by atoms with Crippen molar-refractivity contribution in [1.82, 2.24) is 9.97 Å². The predicted octanol–water partition coefficient (Wildman–Crippen LogP) is 5.34. The Balaban J connectivity index is 1.72. The molecule has 2 heterocycles. The van der Waals surface area contributed by atoms with E-state index in [1.54, 1.807) is 54.6 Å². The molecule has 0 fully saturated rings. The molecule has 5 rings (SSSR count). The van der Waals surface area contributed by atoms with E-state index in [1.807, 2.05) is 0 Å². The van der Waals surface area contributed by atoms with Crippen LogP contribution in [0.4, 0.5) is 0 Å². The van der Waals surface area contributed by atoms with Crippen molar-refractivity contribution < 1.29 is 13.6 Å². The molecule has 32 heavy (non-hydrogen) atoms. The summed E-state index contributed by atoms with van der Waals surface area (Å²) in [4.78, 5) is 33.7. The summed E-state index contributed by atoms with van der Waals surface area (Å²) in [7, 11) is 1.48. The molecule has 0 atom stereocenters. The number of hydrogen-bond acceptors (Lipinski definition) is 7. The molecule has 0 aliphatic carbocycles. The van der Waals surface area contributed by atoms with Gasteiger partial charge in [0.2, 0.25) is 11.8 Å². The highest BCUT2D eigenvalue weighted by Crippen LogP contribution is 2.31. The zero-order valence-electron chi connectivity index (χ0n) is 16.4. The number of fused-ring (bicyclic) bond motifs is 2. The van der Waals surface area contributed by atoms with Crippen molar-refractivity contribution in [3.8, 4) is 28.7 Å². The number of ether oxygens (including phenoxy) is 1. The lowest BCUT2D eigenvalue weighted by Gasteiger charge is -2.08. The molecule has 0 bridgehead atoms. The molecule has 158 valence electrons. The minimum absolute atomic E-state index is 0.0519. The molecule has 0 saturated carbocycles. The molecule has 7 nitrogen and oxygen atoms in total. The van der Waals surface area contributed by atoms with Gasteiger partial charge in [-0.25, -0.2) is 19.6 Å². The minimum Gasteiger partial charge on any atom is -0.497 e. The van der Waals surface area contributed by atoms with Gasteiger partial charge >= 0.3 is 11.3 Å². The third-order valence-electron chi connectivity index (χ3n) is 4.82. The fourth-order valence-corrected chi connectivity index (χ4v) is 3.63. The van der Waals surface area contributed by atoms with Crippen LogP contribution in [0.2, 0.25) is 10.0 Å². The average molecular weight is 467 g/mol. The molecule has 2 aromatic heterocycles. The number of nitrogens with zero attached hydrogens (tertiary/aromatic N) is 2. The van der Waals surface area contributed by atoms with Gasteiger partial charge in [0.25, 0.3) is 0 Å². The number of benzene rings is 3. The van der Waals surface area contributed by atoms with Crippen molar-refractivity contribution in [2.75, 3.05) is 7.11 Å². The van der Waals surface area contributed by atoms with Gasteiger partial charge in [-0.15, -0.1) is 0 Å². The molecule has 0 aliphatic rings. The van der Waals surface area contributed by atoms with E-state index < -0.39 is 11.3 Å². The number of halogens is 2. The van der Waals surface area contributed by atoms with Crippen LogP contribution in [0.5, 0.6) is 5.75 Å². The van der Waals surface area contributed by atoms with Crippen LogP contribution in [0.3, 0.4) is 0 Å². The van der Waals surface area contributed by atoms with Crippen LogP contribution >= 0.6 is 23.2 Å². The highest BCUT2D eigenvalue weighted by Gasteiger charge is 2.15. The summed E-state index contributed by atoms with van der Waals surface area (Å²) in [5.74, 6) is 0.524. The zero-order chi connectivity index (χ0) is 22.4. The maximum atomic E-state index is 12.5. The van der Waals surface area contributed by atoms with Gasteiger partial charge in [0.15, 0.2) is 0 Å². The first-order chi connectivity index (χ1) is 15.4. The predicted molar refractivity (Wildman–Crippen MR) is 122 cm³/mol. The molecule has 5 aromatic rings. The van der Waals surface area contributed by atoms with Gasteiger partial charge in [0.05, 0.1) is 28.9 Å². The summed E-state index contributed by atoms with van der Waals surface area (Å²) in [6.07, 6.45) is 0. The molecule has 0 radical (unpaired) electrons. The van der Waals surface area contributed by atoms with Crippen LogP contribution in [0.15, 0.2) is 73.0 Å². The van der Waals surface area contributed by atoms with Gasteiger partial charge in [-0.05, 0) is 54.6 Å². The number of methoxy groups -OCH3 is 1. The maximum absolute atomic E-state index is 12.5. The molecule has 0 amide bonds. The van der Waals surface area contributed by atoms with Gasteiger partial charge in [-0.3, -0.25) is 0 Å². The molecule has 0 aliphatic heterocycles. The van der Waals surface area contributed by atoms with Crippen LogP contribution in [0.1, 0.15) is 0 Å². The summed E-state index contributed by atoms with van der Waals surface area (Å²) < 4.78 is 16.2. The molecule has 0 unspecified atom stereocenters. The second-order valence-electron chi connectivity index (χ2n) is 6.89. The average Bonchev–Trinajstić information content (AvgIpc) is 2.78. The third-order valence-corrected chi connectivity index (χ3v) is 5.29. The van der Waals surface area contributed by atoms with E-state index >= 15 is 0 Å². The molecule has 0 N–H and O–H groups in total. The molecular formula is C23H12Cl2N2O5. The van der Waals surface area contributed by atoms with Crippen LogP contribution in [-0.4, -0.2) is 17.1 Å². The van der Waals surface area contributed by atoms with E-state index in [4.69, 9.17) is 36.8 Å². The zero-order valence-corrected chi connectivity index (χ0v) is 17.9. The topological polar surface area (TPSA) is 95.4 Å². The maximum Gasteiger partial charge on any atom is 0.347 e. The third kappa shape index (κ3) is 3.62. The Morgan fingerprint density at radius 1 is 0.719 bits per heavy atom. The molecule has 0 spiro atoms. The van der Waals surface area contributed by atoms with Gasteiger partial charge in [-0.1, -0.05) is 23.2 Å². The summed E-state index contributed by atoms with van der Waals surface area (Å²) in [5, 5.41) is 1.49. The normalized spacial score (nSPS) is 11.2. The summed E-state index contributed by atoms with van der Waals surface area (Å²) in [6, 6.07) is 14.3. The SMILES string of the molecule is COc1cc(-c2nc3cc(Cl)ccc3c(=O)o2)cc(-c2nc3cc(Cl)ccc3c(=O)o2)c1. The lowest BCUT2D eigenvalue weighted by Crippen LogP contribution is -2.04. The van der Waals surface area contributed by atoms with E-state index in [0.29, 0.717) is 48.7 Å². The molecule has 0 saturated heterocycles. The summed E-state index contributed by atoms with van der Waals surface area (Å²) in [6.45, 7) is 0. The Labute approximate surface area is 189 Å². The first kappa shape index (κ1) is 20.2. The van der Waals surface area contributed by atoms with E-state index in [1.165, 1.54) is 7.11 Å². The van der Waals surface area contributed by atoms with E-state index in [9.17, 15) is 9.59 Å². The van der Waals surface area contributed by atoms with Crippen molar-refractivity contribution in [2.24, 2.45) is 0 Å². The van der Waals surface area contributed by atoms with E-state index in [2.05, 4.69) is 9.97 Å². The molecule has 9 heteroatoms. The van der Waals surface area contributed by atoms with Crippen molar-refractivity contribution in [3.63, 3.8) is 0 Å². The number of rotatable bonds is 3. The fourth-order valence-electron chi connectivity index (χ4n) is 3.30. The number of hydrogen-bond donors (Lipinski definition) is 0. The Kier molecular flexibility index (Phi) is 4.92. The van der Waals surface area contributed by atoms with Gasteiger partial charge in [0.1, 0.15) is 5.75 Å². The highest BCUT2D eigenvalue weighted by atomic mass is 35.5. The summed E-state index contributed by atoms with van der Waals surface area (Å²) >= 11 is 12.1. The highest BCUT2D eigenvalue weighted by molar-refractivity contribution is 6.31. The second kappa shape index (κ2) is 7.78. The fraction of sp³-hybridized carbons (Fsp3) is 0.0435. The van der Waals surface area contributed by atoms with Crippen molar-refractivity contribution in [1.29, 1.82) is 0 Å². The van der Waals surface area contributed by atoms with Crippen molar-refractivity contribution >= 4 is 45.0 Å². The monoisotopic (exact) mass is 466 g/mol. The second-order valence-corrected chi connectivity index (χ2v) is 7.76. The minimum atomic E-state index is -0.559. The van der Waals surface area contributed by atoms with Crippen LogP contribution in [-0.2, 0) is 0 Å². The van der Waals surface area contributed by atoms with Crippen LogP contribution in [0.25, 0.3) is 44.7 Å². The summed E-state index contributed by atoms with van der Waals surface area (Å²) in [5.41, 5.74) is 0.506. The lowest BCUT2D eigenvalue weighted by atomic mass is 10.1. The Bertz CT molecular complexity index is 1520. The van der Waals surface area contributed by atoms with Gasteiger partial charge in [-0.2, -0.15) is 0 Å². The van der Waals surface area contributed by atoms with Crippen LogP contribution < -0.4 is 16.0 Å². The van der Waals surface area contributed by atoms with Crippen molar-refractivity contribution in [3.05, 3.63) is 85.5 Å². The van der Waals surface area contributed by atoms with E-state index in [0.717, 1.165) is 0 Å². The molecular weight excluding hydrogens is 455 g/mol. The lowest BCUT2D eigenvalue weighted by molar-refractivity contribution is 0.414.